The zero-order valence-electron chi connectivity index (χ0n) is 7.13. The van der Waals surface area contributed by atoms with Crippen molar-refractivity contribution in [3.8, 4) is 5.75 Å². The molecule has 0 amide bonds. The van der Waals surface area contributed by atoms with Crippen LogP contribution < -0.4 is 4.74 Å². The van der Waals surface area contributed by atoms with Gasteiger partial charge in [0.15, 0.2) is 11.6 Å². The Labute approximate surface area is 80.9 Å². The van der Waals surface area contributed by atoms with Gasteiger partial charge in [-0.25, -0.2) is 4.39 Å². The lowest BCUT2D eigenvalue weighted by molar-refractivity contribution is 0.120. The van der Waals surface area contributed by atoms with E-state index >= 15 is 0 Å². The van der Waals surface area contributed by atoms with E-state index in [0.717, 1.165) is 0 Å². The molecule has 0 radical (unpaired) electrons. The van der Waals surface area contributed by atoms with Crippen molar-refractivity contribution in [2.45, 2.75) is 13.0 Å². The lowest BCUT2D eigenvalue weighted by Gasteiger charge is -2.08. The topological polar surface area (TPSA) is 29.5 Å². The molecule has 4 heteroatoms. The summed E-state index contributed by atoms with van der Waals surface area (Å²) in [5, 5.41) is 8.91. The smallest absolute Gasteiger partial charge is 0.183 e. The van der Waals surface area contributed by atoms with Gasteiger partial charge >= 0.3 is 0 Å². The lowest BCUT2D eigenvalue weighted by atomic mass is 10.3. The number of hydrogen-bond acceptors (Lipinski definition) is 2. The summed E-state index contributed by atoms with van der Waals surface area (Å²) < 4.78 is 18.1. The fourth-order valence-electron chi connectivity index (χ4n) is 0.806. The average molecular weight is 205 g/mol. The maximum atomic E-state index is 13.1. The van der Waals surface area contributed by atoms with E-state index in [4.69, 9.17) is 21.4 Å². The molecule has 0 spiro atoms. The van der Waals surface area contributed by atoms with Crippen LogP contribution in [0.1, 0.15) is 6.92 Å². The Bertz CT molecular complexity index is 289. The van der Waals surface area contributed by atoms with Gasteiger partial charge in [0, 0.05) is 0 Å². The summed E-state index contributed by atoms with van der Waals surface area (Å²) in [6.07, 6.45) is -0.626. The minimum Gasteiger partial charge on any atom is -0.488 e. The SMILES string of the molecule is C[C@@H](O)COc1cccc(Cl)c1F. The van der Waals surface area contributed by atoms with Crippen LogP contribution in [-0.4, -0.2) is 17.8 Å². The second-order valence-electron chi connectivity index (χ2n) is 2.71. The molecule has 1 N–H and O–H groups in total. The molecule has 72 valence electrons. The van der Waals surface area contributed by atoms with Gasteiger partial charge in [0.1, 0.15) is 6.61 Å². The van der Waals surface area contributed by atoms with E-state index in [2.05, 4.69) is 0 Å². The van der Waals surface area contributed by atoms with Crippen LogP contribution in [0.3, 0.4) is 0 Å². The first-order chi connectivity index (χ1) is 6.11. The Kier molecular flexibility index (Phi) is 3.51. The highest BCUT2D eigenvalue weighted by Crippen LogP contribution is 2.23. The van der Waals surface area contributed by atoms with Crippen LogP contribution in [-0.2, 0) is 0 Å². The van der Waals surface area contributed by atoms with Gasteiger partial charge in [-0.1, -0.05) is 17.7 Å². The quantitative estimate of drug-likeness (QED) is 0.818. The predicted octanol–water partition coefficient (Wildman–Crippen LogP) is 2.24. The second-order valence-corrected chi connectivity index (χ2v) is 3.12. The van der Waals surface area contributed by atoms with E-state index in [0.29, 0.717) is 0 Å². The number of aliphatic hydroxyl groups is 1. The monoisotopic (exact) mass is 204 g/mol. The van der Waals surface area contributed by atoms with Crippen LogP contribution in [0.25, 0.3) is 0 Å². The van der Waals surface area contributed by atoms with E-state index in [1.165, 1.54) is 12.1 Å². The maximum absolute atomic E-state index is 13.1. The van der Waals surface area contributed by atoms with Gasteiger partial charge in [0.05, 0.1) is 11.1 Å². The van der Waals surface area contributed by atoms with Gasteiger partial charge in [-0.05, 0) is 19.1 Å². The number of benzene rings is 1. The minimum absolute atomic E-state index is 0.0168. The Hall–Kier alpha value is -0.800. The Morgan fingerprint density at radius 1 is 1.62 bits per heavy atom. The molecule has 0 saturated carbocycles. The normalized spacial score (nSPS) is 12.6. The van der Waals surface area contributed by atoms with Gasteiger partial charge in [-0.2, -0.15) is 0 Å². The number of halogens is 2. The largest absolute Gasteiger partial charge is 0.488 e. The van der Waals surface area contributed by atoms with Crippen molar-refractivity contribution in [3.63, 3.8) is 0 Å². The molecule has 0 aliphatic heterocycles. The fraction of sp³-hybridized carbons (Fsp3) is 0.333. The first-order valence-electron chi connectivity index (χ1n) is 3.86. The predicted molar refractivity (Wildman–Crippen MR) is 48.6 cm³/mol. The van der Waals surface area contributed by atoms with Crippen molar-refractivity contribution < 1.29 is 14.2 Å². The Morgan fingerprint density at radius 3 is 2.92 bits per heavy atom. The number of ether oxygens (including phenoxy) is 1. The Morgan fingerprint density at radius 2 is 2.31 bits per heavy atom. The molecule has 0 aliphatic carbocycles. The van der Waals surface area contributed by atoms with E-state index < -0.39 is 11.9 Å². The number of hydrogen-bond donors (Lipinski definition) is 1. The molecular formula is C9H10ClFO2. The van der Waals surface area contributed by atoms with Gasteiger partial charge in [-0.15, -0.1) is 0 Å². The zero-order chi connectivity index (χ0) is 9.84. The molecule has 1 aromatic carbocycles. The van der Waals surface area contributed by atoms with E-state index in [1.807, 2.05) is 0 Å². The number of aliphatic hydroxyl groups excluding tert-OH is 1. The van der Waals surface area contributed by atoms with Crippen LogP contribution in [0.5, 0.6) is 5.75 Å². The molecule has 0 aliphatic rings. The second kappa shape index (κ2) is 4.44. The van der Waals surface area contributed by atoms with Crippen molar-refractivity contribution in [2.75, 3.05) is 6.61 Å². The van der Waals surface area contributed by atoms with E-state index in [9.17, 15) is 4.39 Å². The first-order valence-corrected chi connectivity index (χ1v) is 4.24. The van der Waals surface area contributed by atoms with Gasteiger partial charge in [0.25, 0.3) is 0 Å². The average Bonchev–Trinajstić information content (AvgIpc) is 2.07. The molecule has 0 heterocycles. The summed E-state index contributed by atoms with van der Waals surface area (Å²) >= 11 is 5.51. The van der Waals surface area contributed by atoms with E-state index in [1.54, 1.807) is 13.0 Å². The van der Waals surface area contributed by atoms with Crippen LogP contribution in [0, 0.1) is 5.82 Å². The first kappa shape index (κ1) is 10.3. The van der Waals surface area contributed by atoms with Crippen molar-refractivity contribution in [3.05, 3.63) is 29.0 Å². The third kappa shape index (κ3) is 2.86. The third-order valence-electron chi connectivity index (χ3n) is 1.40. The molecule has 2 nitrogen and oxygen atoms in total. The van der Waals surface area contributed by atoms with Crippen molar-refractivity contribution in [2.24, 2.45) is 0 Å². The van der Waals surface area contributed by atoms with Crippen LogP contribution in [0.2, 0.25) is 5.02 Å². The molecule has 0 unspecified atom stereocenters. The standard InChI is InChI=1S/C9H10ClFO2/c1-6(12)5-13-8-4-2-3-7(10)9(8)11/h2-4,6,12H,5H2,1H3/t6-/m1/s1. The molecular weight excluding hydrogens is 195 g/mol. The minimum atomic E-state index is -0.626. The summed E-state index contributed by atoms with van der Waals surface area (Å²) in [5.41, 5.74) is 0. The lowest BCUT2D eigenvalue weighted by Crippen LogP contribution is -2.13. The van der Waals surface area contributed by atoms with Crippen molar-refractivity contribution in [1.82, 2.24) is 0 Å². The summed E-state index contributed by atoms with van der Waals surface area (Å²) in [5.74, 6) is -0.529. The summed E-state index contributed by atoms with van der Waals surface area (Å²) in [4.78, 5) is 0. The third-order valence-corrected chi connectivity index (χ3v) is 1.69. The molecule has 0 bridgehead atoms. The molecule has 13 heavy (non-hydrogen) atoms. The van der Waals surface area contributed by atoms with Crippen LogP contribution in [0.15, 0.2) is 18.2 Å². The number of rotatable bonds is 3. The van der Waals surface area contributed by atoms with Gasteiger partial charge in [0.2, 0.25) is 0 Å². The molecule has 1 atom stereocenters. The van der Waals surface area contributed by atoms with Gasteiger partial charge in [-0.3, -0.25) is 0 Å². The molecule has 1 aromatic rings. The maximum Gasteiger partial charge on any atom is 0.183 e. The van der Waals surface area contributed by atoms with Crippen molar-refractivity contribution >= 4 is 11.6 Å². The highest BCUT2D eigenvalue weighted by atomic mass is 35.5. The van der Waals surface area contributed by atoms with Gasteiger partial charge < -0.3 is 9.84 Å². The highest BCUT2D eigenvalue weighted by Gasteiger charge is 2.07. The summed E-state index contributed by atoms with van der Waals surface area (Å²) in [6.45, 7) is 1.61. The summed E-state index contributed by atoms with van der Waals surface area (Å²) in [6, 6.07) is 4.48. The zero-order valence-corrected chi connectivity index (χ0v) is 7.88. The van der Waals surface area contributed by atoms with Crippen LogP contribution in [0.4, 0.5) is 4.39 Å². The fourth-order valence-corrected chi connectivity index (χ4v) is 0.972. The molecule has 1 rings (SSSR count). The summed E-state index contributed by atoms with van der Waals surface area (Å²) in [7, 11) is 0. The molecule has 0 aromatic heterocycles. The van der Waals surface area contributed by atoms with Crippen LogP contribution >= 0.6 is 11.6 Å². The molecule has 0 saturated heterocycles. The van der Waals surface area contributed by atoms with Crippen molar-refractivity contribution in [1.29, 1.82) is 0 Å². The molecule has 0 fully saturated rings. The van der Waals surface area contributed by atoms with E-state index in [-0.39, 0.29) is 17.4 Å². The highest BCUT2D eigenvalue weighted by molar-refractivity contribution is 6.30. The Balaban J connectivity index is 2.71.